The van der Waals surface area contributed by atoms with Gasteiger partial charge in [-0.05, 0) is 47.7 Å². The highest BCUT2D eigenvalue weighted by atomic mass is 35.5. The Morgan fingerprint density at radius 3 is 2.63 bits per heavy atom. The Morgan fingerprint density at radius 1 is 1.04 bits per heavy atom. The third-order valence-corrected chi connectivity index (χ3v) is 5.68. The zero-order valence-corrected chi connectivity index (χ0v) is 16.3. The van der Waals surface area contributed by atoms with Crippen molar-refractivity contribution in [2.45, 2.75) is 13.0 Å². The van der Waals surface area contributed by atoms with Crippen molar-refractivity contribution >= 4 is 39.7 Å². The smallest absolute Gasteiger partial charge is 0.239 e. The Labute approximate surface area is 167 Å². The van der Waals surface area contributed by atoms with Crippen LogP contribution in [0.3, 0.4) is 0 Å². The van der Waals surface area contributed by atoms with Gasteiger partial charge in [-0.15, -0.1) is 11.3 Å². The first-order chi connectivity index (χ1) is 13.2. The lowest BCUT2D eigenvalue weighted by atomic mass is 10.1. The van der Waals surface area contributed by atoms with E-state index in [1.54, 1.807) is 11.3 Å². The lowest BCUT2D eigenvalue weighted by molar-refractivity contribution is -0.121. The number of nitrogens with one attached hydrogen (secondary N) is 1. The molecule has 0 aliphatic carbocycles. The molecule has 0 aliphatic rings. The second-order valence-corrected chi connectivity index (χ2v) is 7.76. The molecule has 0 aliphatic heterocycles. The van der Waals surface area contributed by atoms with Gasteiger partial charge in [0, 0.05) is 22.5 Å². The van der Waals surface area contributed by atoms with Crippen LogP contribution in [-0.4, -0.2) is 17.0 Å². The summed E-state index contributed by atoms with van der Waals surface area (Å²) in [6, 6.07) is 22.2. The molecule has 0 atom stereocenters. The molecule has 0 fully saturated rings. The average molecular weight is 395 g/mol. The summed E-state index contributed by atoms with van der Waals surface area (Å²) in [6.07, 6.45) is 0.785. The molecule has 0 radical (unpaired) electrons. The van der Waals surface area contributed by atoms with E-state index in [2.05, 4.69) is 39.5 Å². The van der Waals surface area contributed by atoms with E-state index in [1.165, 1.54) is 4.88 Å². The molecular weight excluding hydrogens is 376 g/mol. The number of nitrogens with zero attached hydrogens (tertiary/aromatic N) is 1. The van der Waals surface area contributed by atoms with E-state index in [9.17, 15) is 4.79 Å². The zero-order chi connectivity index (χ0) is 18.6. The van der Waals surface area contributed by atoms with Gasteiger partial charge in [0.1, 0.15) is 6.54 Å². The first-order valence-electron chi connectivity index (χ1n) is 8.84. The monoisotopic (exact) mass is 394 g/mol. The molecule has 0 saturated heterocycles. The first kappa shape index (κ1) is 17.8. The first-order valence-corrected chi connectivity index (χ1v) is 10.1. The minimum absolute atomic E-state index is 0.0168. The van der Waals surface area contributed by atoms with Crippen LogP contribution < -0.4 is 5.32 Å². The summed E-state index contributed by atoms with van der Waals surface area (Å²) >= 11 is 7.59. The summed E-state index contributed by atoms with van der Waals surface area (Å²) in [5.74, 6) is 0.0168. The predicted octanol–water partition coefficient (Wildman–Crippen LogP) is 5.38. The number of para-hydroxylation sites is 1. The van der Waals surface area contributed by atoms with Crippen molar-refractivity contribution in [3.05, 3.63) is 82.7 Å². The molecule has 0 bridgehead atoms. The summed E-state index contributed by atoms with van der Waals surface area (Å²) < 4.78 is 2.10. The second-order valence-electron chi connectivity index (χ2n) is 6.38. The largest absolute Gasteiger partial charge is 0.354 e. The molecule has 2 aromatic carbocycles. The van der Waals surface area contributed by atoms with Crippen LogP contribution in [0.5, 0.6) is 0 Å². The van der Waals surface area contributed by atoms with Crippen LogP contribution in [0.4, 0.5) is 0 Å². The number of halogens is 1. The van der Waals surface area contributed by atoms with Crippen LogP contribution in [-0.2, 0) is 17.8 Å². The maximum atomic E-state index is 12.6. The number of fused-ring (bicyclic) bond motifs is 1. The van der Waals surface area contributed by atoms with E-state index in [0.717, 1.165) is 33.6 Å². The van der Waals surface area contributed by atoms with E-state index in [4.69, 9.17) is 11.6 Å². The number of carbonyl (C=O) groups is 1. The molecule has 1 N–H and O–H groups in total. The molecule has 1 amide bonds. The number of thiophene rings is 1. The minimum Gasteiger partial charge on any atom is -0.354 e. The molecule has 3 nitrogen and oxygen atoms in total. The molecule has 0 saturated carbocycles. The highest BCUT2D eigenvalue weighted by molar-refractivity contribution is 7.13. The van der Waals surface area contributed by atoms with Crippen molar-refractivity contribution in [1.82, 2.24) is 9.88 Å². The van der Waals surface area contributed by atoms with Crippen LogP contribution in [0, 0.1) is 0 Å². The zero-order valence-electron chi connectivity index (χ0n) is 14.7. The molecule has 27 heavy (non-hydrogen) atoms. The van der Waals surface area contributed by atoms with Crippen molar-refractivity contribution < 1.29 is 4.79 Å². The number of aromatic nitrogens is 1. The van der Waals surface area contributed by atoms with E-state index < -0.39 is 0 Å². The van der Waals surface area contributed by atoms with Gasteiger partial charge in [0.15, 0.2) is 0 Å². The number of rotatable bonds is 6. The Bertz CT molecular complexity index is 1050. The SMILES string of the molecule is O=C(Cn1c(-c2cccs2)cc2ccccc21)NCCc1ccc(Cl)cc1. The van der Waals surface area contributed by atoms with Gasteiger partial charge >= 0.3 is 0 Å². The number of amides is 1. The molecule has 136 valence electrons. The molecule has 0 unspecified atom stereocenters. The van der Waals surface area contributed by atoms with Gasteiger partial charge in [-0.25, -0.2) is 0 Å². The van der Waals surface area contributed by atoms with E-state index in [0.29, 0.717) is 13.1 Å². The molecule has 0 spiro atoms. The summed E-state index contributed by atoms with van der Waals surface area (Å²) in [4.78, 5) is 13.7. The number of benzene rings is 2. The Balaban J connectivity index is 1.48. The van der Waals surface area contributed by atoms with Gasteiger partial charge in [0.25, 0.3) is 0 Å². The Morgan fingerprint density at radius 2 is 1.85 bits per heavy atom. The van der Waals surface area contributed by atoms with Crippen LogP contribution in [0.1, 0.15) is 5.56 Å². The summed E-state index contributed by atoms with van der Waals surface area (Å²) in [6.45, 7) is 0.912. The van der Waals surface area contributed by atoms with Gasteiger partial charge in [-0.2, -0.15) is 0 Å². The summed E-state index contributed by atoms with van der Waals surface area (Å²) in [5, 5.41) is 6.96. The average Bonchev–Trinajstić information content (AvgIpc) is 3.32. The Kier molecular flexibility index (Phi) is 5.28. The minimum atomic E-state index is 0.0168. The summed E-state index contributed by atoms with van der Waals surface area (Å²) in [5.41, 5.74) is 3.32. The van der Waals surface area contributed by atoms with Gasteiger partial charge in [0.05, 0.1) is 10.6 Å². The maximum Gasteiger partial charge on any atom is 0.239 e. The molecule has 2 aromatic heterocycles. The van der Waals surface area contributed by atoms with E-state index in [1.807, 2.05) is 42.5 Å². The van der Waals surface area contributed by atoms with E-state index >= 15 is 0 Å². The van der Waals surface area contributed by atoms with Crippen LogP contribution >= 0.6 is 22.9 Å². The van der Waals surface area contributed by atoms with Crippen molar-refractivity contribution in [2.24, 2.45) is 0 Å². The fraction of sp³-hybridized carbons (Fsp3) is 0.136. The van der Waals surface area contributed by atoms with Crippen molar-refractivity contribution in [1.29, 1.82) is 0 Å². The highest BCUT2D eigenvalue weighted by Gasteiger charge is 2.14. The second kappa shape index (κ2) is 7.99. The molecule has 4 aromatic rings. The quantitative estimate of drug-likeness (QED) is 0.468. The van der Waals surface area contributed by atoms with Crippen molar-refractivity contribution in [2.75, 3.05) is 6.54 Å². The van der Waals surface area contributed by atoms with Crippen LogP contribution in [0.25, 0.3) is 21.5 Å². The van der Waals surface area contributed by atoms with Crippen LogP contribution in [0.2, 0.25) is 5.02 Å². The third kappa shape index (κ3) is 4.07. The highest BCUT2D eigenvalue weighted by Crippen LogP contribution is 2.31. The van der Waals surface area contributed by atoms with Crippen LogP contribution in [0.15, 0.2) is 72.1 Å². The number of hydrogen-bond donors (Lipinski definition) is 1. The molecular formula is C22H19ClN2OS. The lowest BCUT2D eigenvalue weighted by Crippen LogP contribution is -2.29. The van der Waals surface area contributed by atoms with Crippen molar-refractivity contribution in [3.8, 4) is 10.6 Å². The molecule has 5 heteroatoms. The Hall–Kier alpha value is -2.56. The molecule has 4 rings (SSSR count). The third-order valence-electron chi connectivity index (χ3n) is 4.54. The number of carbonyl (C=O) groups excluding carboxylic acids is 1. The fourth-order valence-electron chi connectivity index (χ4n) is 3.21. The van der Waals surface area contributed by atoms with Gasteiger partial charge in [-0.3, -0.25) is 4.79 Å². The predicted molar refractivity (Wildman–Crippen MR) is 113 cm³/mol. The number of hydrogen-bond acceptors (Lipinski definition) is 2. The fourth-order valence-corrected chi connectivity index (χ4v) is 4.08. The lowest BCUT2D eigenvalue weighted by Gasteiger charge is -2.11. The van der Waals surface area contributed by atoms with Crippen molar-refractivity contribution in [3.63, 3.8) is 0 Å². The van der Waals surface area contributed by atoms with Gasteiger partial charge < -0.3 is 9.88 Å². The van der Waals surface area contributed by atoms with Gasteiger partial charge in [0.2, 0.25) is 5.91 Å². The van der Waals surface area contributed by atoms with Gasteiger partial charge in [-0.1, -0.05) is 48.0 Å². The maximum absolute atomic E-state index is 12.6. The topological polar surface area (TPSA) is 34.0 Å². The standard InChI is InChI=1S/C22H19ClN2OS/c23-18-9-7-16(8-10-18)11-12-24-22(26)15-25-19-5-2-1-4-17(19)14-20(25)21-6-3-13-27-21/h1-10,13-14H,11-12,15H2,(H,24,26). The van der Waals surface area contributed by atoms with E-state index in [-0.39, 0.29) is 5.91 Å². The normalized spacial score (nSPS) is 11.0. The summed E-state index contributed by atoms with van der Waals surface area (Å²) in [7, 11) is 0. The molecule has 2 heterocycles.